The first-order chi connectivity index (χ1) is 8.58. The summed E-state index contributed by atoms with van der Waals surface area (Å²) < 4.78 is 6.48. The summed E-state index contributed by atoms with van der Waals surface area (Å²) in [6, 6.07) is 1.66. The minimum absolute atomic E-state index is 0.278. The molecule has 6 nitrogen and oxygen atoms in total. The van der Waals surface area contributed by atoms with Crippen molar-refractivity contribution in [2.75, 3.05) is 13.7 Å². The Balaban J connectivity index is 2.76. The molecule has 0 saturated heterocycles. The van der Waals surface area contributed by atoms with Gasteiger partial charge < -0.3 is 15.5 Å². The molecule has 0 aliphatic carbocycles. The minimum atomic E-state index is -0.434. The molecule has 0 amide bonds. The van der Waals surface area contributed by atoms with Gasteiger partial charge in [0.2, 0.25) is 0 Å². The highest BCUT2D eigenvalue weighted by Crippen LogP contribution is 2.05. The predicted octanol–water partition coefficient (Wildman–Crippen LogP) is 1.12. The zero-order valence-electron chi connectivity index (χ0n) is 10.9. The second-order valence-electron chi connectivity index (χ2n) is 3.70. The summed E-state index contributed by atoms with van der Waals surface area (Å²) in [6.07, 6.45) is 3.32. The fraction of sp³-hybridized carbons (Fsp3) is 0.417. The van der Waals surface area contributed by atoms with Gasteiger partial charge in [-0.2, -0.15) is 5.10 Å². The molecule has 1 aromatic heterocycles. The van der Waals surface area contributed by atoms with E-state index in [-0.39, 0.29) is 5.69 Å². The van der Waals surface area contributed by atoms with Crippen molar-refractivity contribution in [3.8, 4) is 0 Å². The molecule has 98 valence electrons. The van der Waals surface area contributed by atoms with Gasteiger partial charge in [-0.1, -0.05) is 0 Å². The molecule has 0 unspecified atom stereocenters. The molecule has 0 fully saturated rings. The molecule has 0 atom stereocenters. The number of aromatic nitrogens is 2. The monoisotopic (exact) mass is 250 g/mol. The Morgan fingerprint density at radius 2 is 2.39 bits per heavy atom. The number of carbonyl (C=O) groups is 1. The molecule has 0 aliphatic heterocycles. The van der Waals surface area contributed by atoms with Crippen LogP contribution in [-0.2, 0) is 11.3 Å². The molecule has 0 bridgehead atoms. The number of carbonyl (C=O) groups excluding carboxylic acids is 1. The topological polar surface area (TPSA) is 80.0 Å². The first-order valence-corrected chi connectivity index (χ1v) is 5.71. The number of ether oxygens (including phenoxy) is 1. The Hall–Kier alpha value is -2.11. The van der Waals surface area contributed by atoms with E-state index in [0.29, 0.717) is 18.9 Å². The molecule has 1 rings (SSSR count). The first kappa shape index (κ1) is 14.0. The molecule has 0 spiro atoms. The summed E-state index contributed by atoms with van der Waals surface area (Å²) >= 11 is 0. The van der Waals surface area contributed by atoms with Crippen molar-refractivity contribution >= 4 is 11.7 Å². The molecule has 2 N–H and O–H groups in total. The fourth-order valence-corrected chi connectivity index (χ4v) is 1.37. The summed E-state index contributed by atoms with van der Waals surface area (Å²) in [7, 11) is 1.77. The quantitative estimate of drug-likeness (QED) is 0.585. The van der Waals surface area contributed by atoms with Crippen molar-refractivity contribution in [3.63, 3.8) is 0 Å². The molecule has 6 heteroatoms. The highest BCUT2D eigenvalue weighted by atomic mass is 16.5. The number of rotatable bonds is 6. The van der Waals surface area contributed by atoms with E-state index in [4.69, 9.17) is 10.1 Å². The van der Waals surface area contributed by atoms with Crippen molar-refractivity contribution in [1.82, 2.24) is 15.1 Å². The normalized spacial score (nSPS) is 10.6. The van der Waals surface area contributed by atoms with Crippen LogP contribution in [0.15, 0.2) is 18.3 Å². The van der Waals surface area contributed by atoms with Gasteiger partial charge in [-0.3, -0.25) is 4.68 Å². The Morgan fingerprint density at radius 3 is 3.00 bits per heavy atom. The highest BCUT2D eigenvalue weighted by Gasteiger charge is 2.13. The SMILES string of the molecule is CCOC(=O)c1cc(C)n(CC(=N)/C=C\NC)n1. The van der Waals surface area contributed by atoms with Crippen LogP contribution in [0, 0.1) is 12.3 Å². The van der Waals surface area contributed by atoms with E-state index >= 15 is 0 Å². The summed E-state index contributed by atoms with van der Waals surface area (Å²) in [5.41, 5.74) is 1.49. The van der Waals surface area contributed by atoms with E-state index in [9.17, 15) is 4.79 Å². The lowest BCUT2D eigenvalue weighted by Gasteiger charge is -2.02. The van der Waals surface area contributed by atoms with Crippen LogP contribution in [0.5, 0.6) is 0 Å². The Bertz CT molecular complexity index is 463. The van der Waals surface area contributed by atoms with Crippen molar-refractivity contribution in [2.45, 2.75) is 20.4 Å². The average Bonchev–Trinajstić information content (AvgIpc) is 2.69. The standard InChI is InChI=1S/C12H18N4O2/c1-4-18-12(17)11-7-9(2)16(15-11)8-10(13)5-6-14-3/h5-7,13-14H,4,8H2,1-3H3/b6-5-,13-10?. The maximum Gasteiger partial charge on any atom is 0.358 e. The van der Waals surface area contributed by atoms with E-state index in [0.717, 1.165) is 5.69 Å². The van der Waals surface area contributed by atoms with Gasteiger partial charge in [-0.15, -0.1) is 0 Å². The number of esters is 1. The van der Waals surface area contributed by atoms with Gasteiger partial charge >= 0.3 is 5.97 Å². The lowest BCUT2D eigenvalue weighted by Crippen LogP contribution is -2.12. The third-order valence-corrected chi connectivity index (χ3v) is 2.24. The maximum atomic E-state index is 11.5. The molecule has 0 radical (unpaired) electrons. The second kappa shape index (κ2) is 6.58. The number of hydrogen-bond acceptors (Lipinski definition) is 5. The third kappa shape index (κ3) is 3.73. The number of nitrogens with zero attached hydrogens (tertiary/aromatic N) is 2. The van der Waals surface area contributed by atoms with Gasteiger partial charge in [-0.25, -0.2) is 4.79 Å². The van der Waals surface area contributed by atoms with Crippen LogP contribution in [0.2, 0.25) is 0 Å². The average molecular weight is 250 g/mol. The van der Waals surface area contributed by atoms with Crippen LogP contribution in [0.25, 0.3) is 0 Å². The van der Waals surface area contributed by atoms with E-state index in [1.54, 1.807) is 37.0 Å². The Labute approximate surface area is 106 Å². The number of allylic oxidation sites excluding steroid dienone is 1. The summed E-state index contributed by atoms with van der Waals surface area (Å²) in [5.74, 6) is -0.434. The van der Waals surface area contributed by atoms with Crippen molar-refractivity contribution in [1.29, 1.82) is 5.41 Å². The molecular formula is C12H18N4O2. The van der Waals surface area contributed by atoms with Gasteiger partial charge in [-0.05, 0) is 32.2 Å². The van der Waals surface area contributed by atoms with Gasteiger partial charge in [0.1, 0.15) is 0 Å². The van der Waals surface area contributed by atoms with Crippen LogP contribution >= 0.6 is 0 Å². The molecular weight excluding hydrogens is 232 g/mol. The van der Waals surface area contributed by atoms with Gasteiger partial charge in [0.25, 0.3) is 0 Å². The largest absolute Gasteiger partial charge is 0.461 e. The lowest BCUT2D eigenvalue weighted by molar-refractivity contribution is 0.0518. The van der Waals surface area contributed by atoms with Gasteiger partial charge in [0.15, 0.2) is 5.69 Å². The van der Waals surface area contributed by atoms with E-state index in [1.807, 2.05) is 6.92 Å². The van der Waals surface area contributed by atoms with Crippen molar-refractivity contribution < 1.29 is 9.53 Å². The van der Waals surface area contributed by atoms with Crippen LogP contribution < -0.4 is 5.32 Å². The fourth-order valence-electron chi connectivity index (χ4n) is 1.37. The Morgan fingerprint density at radius 1 is 1.67 bits per heavy atom. The summed E-state index contributed by atoms with van der Waals surface area (Å²) in [5, 5.41) is 14.7. The first-order valence-electron chi connectivity index (χ1n) is 5.71. The predicted molar refractivity (Wildman–Crippen MR) is 68.8 cm³/mol. The molecule has 1 heterocycles. The zero-order chi connectivity index (χ0) is 13.5. The molecule has 18 heavy (non-hydrogen) atoms. The smallest absolute Gasteiger partial charge is 0.358 e. The van der Waals surface area contributed by atoms with Crippen LogP contribution in [0.1, 0.15) is 23.1 Å². The van der Waals surface area contributed by atoms with Crippen LogP contribution in [0.3, 0.4) is 0 Å². The van der Waals surface area contributed by atoms with E-state index in [2.05, 4.69) is 10.4 Å². The minimum Gasteiger partial charge on any atom is -0.461 e. The lowest BCUT2D eigenvalue weighted by atomic mass is 10.3. The third-order valence-electron chi connectivity index (χ3n) is 2.24. The summed E-state index contributed by atoms with van der Waals surface area (Å²) in [4.78, 5) is 11.5. The number of hydrogen-bond donors (Lipinski definition) is 2. The van der Waals surface area contributed by atoms with Crippen molar-refractivity contribution in [2.24, 2.45) is 0 Å². The van der Waals surface area contributed by atoms with Gasteiger partial charge in [0, 0.05) is 12.7 Å². The number of nitrogens with one attached hydrogen (secondary N) is 2. The molecule has 0 aliphatic rings. The molecule has 1 aromatic rings. The molecule has 0 aromatic carbocycles. The number of aryl methyl sites for hydroxylation is 1. The maximum absolute atomic E-state index is 11.5. The highest BCUT2D eigenvalue weighted by molar-refractivity contribution is 5.92. The zero-order valence-corrected chi connectivity index (χ0v) is 10.9. The van der Waals surface area contributed by atoms with E-state index < -0.39 is 5.97 Å². The molecule has 0 saturated carbocycles. The van der Waals surface area contributed by atoms with E-state index in [1.165, 1.54) is 0 Å². The van der Waals surface area contributed by atoms with Crippen molar-refractivity contribution in [3.05, 3.63) is 29.7 Å². The van der Waals surface area contributed by atoms with Crippen LogP contribution in [0.4, 0.5) is 0 Å². The second-order valence-corrected chi connectivity index (χ2v) is 3.70. The van der Waals surface area contributed by atoms with Crippen LogP contribution in [-0.4, -0.2) is 35.1 Å². The van der Waals surface area contributed by atoms with Gasteiger partial charge in [0.05, 0.1) is 18.9 Å². The Kier molecular flexibility index (Phi) is 5.10. The summed E-state index contributed by atoms with van der Waals surface area (Å²) in [6.45, 7) is 4.24.